The Bertz CT molecular complexity index is 150. The summed E-state index contributed by atoms with van der Waals surface area (Å²) in [6.45, 7) is 2.05. The predicted molar refractivity (Wildman–Crippen MR) is 54.9 cm³/mol. The maximum absolute atomic E-state index is 11.1. The van der Waals surface area contributed by atoms with Crippen LogP contribution in [-0.2, 0) is 9.53 Å². The van der Waals surface area contributed by atoms with E-state index in [1.165, 1.54) is 18.9 Å². The van der Waals surface area contributed by atoms with Gasteiger partial charge in [-0.2, -0.15) is 0 Å². The van der Waals surface area contributed by atoms with Crippen molar-refractivity contribution < 1.29 is 14.6 Å². The third-order valence-electron chi connectivity index (χ3n) is 1.89. The molecule has 0 heterocycles. The summed E-state index contributed by atoms with van der Waals surface area (Å²) in [6.07, 6.45) is 3.85. The largest absolute Gasteiger partial charge is 0.468 e. The summed E-state index contributed by atoms with van der Waals surface area (Å²) in [4.78, 5) is 11.1. The van der Waals surface area contributed by atoms with Gasteiger partial charge in [0.25, 0.3) is 0 Å². The van der Waals surface area contributed by atoms with Crippen LogP contribution in [0, 0.1) is 0 Å². The van der Waals surface area contributed by atoms with Crippen LogP contribution >= 0.6 is 11.8 Å². The molecule has 3 nitrogen and oxygen atoms in total. The van der Waals surface area contributed by atoms with Gasteiger partial charge in [-0.15, -0.1) is 11.8 Å². The van der Waals surface area contributed by atoms with Crippen molar-refractivity contribution in [1.82, 2.24) is 0 Å². The van der Waals surface area contributed by atoms with Crippen molar-refractivity contribution in [2.45, 2.75) is 37.5 Å². The number of carbonyl (C=O) groups is 1. The second-order valence-electron chi connectivity index (χ2n) is 2.89. The Morgan fingerprint density at radius 1 is 1.62 bits per heavy atom. The molecule has 0 aromatic rings. The van der Waals surface area contributed by atoms with Gasteiger partial charge in [-0.3, -0.25) is 4.79 Å². The van der Waals surface area contributed by atoms with Crippen molar-refractivity contribution in [2.75, 3.05) is 13.4 Å². The molecule has 0 fully saturated rings. The molecule has 0 aliphatic rings. The van der Waals surface area contributed by atoms with Crippen LogP contribution in [0.25, 0.3) is 0 Å². The van der Waals surface area contributed by atoms with Crippen molar-refractivity contribution in [1.29, 1.82) is 0 Å². The number of carbonyl (C=O) groups excluding carboxylic acids is 1. The van der Waals surface area contributed by atoms with Gasteiger partial charge >= 0.3 is 5.97 Å². The molecule has 0 aromatic carbocycles. The lowest BCUT2D eigenvalue weighted by atomic mass is 10.1. The number of rotatable bonds is 6. The quantitative estimate of drug-likeness (QED) is 0.668. The average Bonchev–Trinajstić information content (AvgIpc) is 2.15. The topological polar surface area (TPSA) is 46.5 Å². The molecular weight excluding hydrogens is 188 g/mol. The summed E-state index contributed by atoms with van der Waals surface area (Å²) < 4.78 is 4.58. The summed E-state index contributed by atoms with van der Waals surface area (Å²) >= 11 is 1.34. The lowest BCUT2D eigenvalue weighted by Gasteiger charge is -2.18. The van der Waals surface area contributed by atoms with E-state index in [1.807, 2.05) is 0 Å². The molecule has 4 heteroatoms. The molecule has 78 valence electrons. The van der Waals surface area contributed by atoms with Gasteiger partial charge in [0, 0.05) is 0 Å². The zero-order valence-electron chi connectivity index (χ0n) is 8.45. The number of unbranched alkanes of at least 4 members (excludes halogenated alkanes) is 1. The van der Waals surface area contributed by atoms with Gasteiger partial charge in [0.05, 0.1) is 13.2 Å². The van der Waals surface area contributed by atoms with Crippen LogP contribution in [0.3, 0.4) is 0 Å². The zero-order chi connectivity index (χ0) is 10.3. The molecule has 0 aliphatic heterocycles. The average molecular weight is 206 g/mol. The number of aliphatic hydroxyl groups is 1. The highest BCUT2D eigenvalue weighted by Gasteiger charge is 2.25. The molecule has 0 saturated heterocycles. The Labute approximate surface area is 83.9 Å². The van der Waals surface area contributed by atoms with Crippen LogP contribution in [0.4, 0.5) is 0 Å². The number of hydrogen-bond acceptors (Lipinski definition) is 4. The highest BCUT2D eigenvalue weighted by molar-refractivity contribution is 7.99. The van der Waals surface area contributed by atoms with E-state index in [-0.39, 0.29) is 5.97 Å². The SMILES string of the molecule is CCCC[C@@H](O)[C@@H](SC)C(=O)OC. The maximum atomic E-state index is 11.1. The summed E-state index contributed by atoms with van der Waals surface area (Å²) in [5.74, 6) is -0.337. The minimum Gasteiger partial charge on any atom is -0.468 e. The van der Waals surface area contributed by atoms with E-state index >= 15 is 0 Å². The molecule has 0 unspecified atom stereocenters. The van der Waals surface area contributed by atoms with E-state index in [4.69, 9.17) is 0 Å². The highest BCUT2D eigenvalue weighted by Crippen LogP contribution is 2.17. The maximum Gasteiger partial charge on any atom is 0.321 e. The first-order valence-corrected chi connectivity index (χ1v) is 5.74. The number of hydrogen-bond donors (Lipinski definition) is 1. The monoisotopic (exact) mass is 206 g/mol. The first-order valence-electron chi connectivity index (χ1n) is 4.46. The second kappa shape index (κ2) is 7.21. The van der Waals surface area contributed by atoms with Crippen LogP contribution in [-0.4, -0.2) is 35.8 Å². The zero-order valence-corrected chi connectivity index (χ0v) is 9.26. The Morgan fingerprint density at radius 2 is 2.23 bits per heavy atom. The van der Waals surface area contributed by atoms with Crippen molar-refractivity contribution in [3.8, 4) is 0 Å². The third-order valence-corrected chi connectivity index (χ3v) is 2.90. The molecule has 1 N–H and O–H groups in total. The standard InChI is InChI=1S/C9H18O3S/c1-4-5-6-7(10)8(13-3)9(11)12-2/h7-8,10H,4-6H2,1-3H3/t7-,8-/m1/s1. The molecule has 0 aliphatic carbocycles. The molecule has 13 heavy (non-hydrogen) atoms. The minimum absolute atomic E-state index is 0.337. The molecule has 0 spiro atoms. The summed E-state index contributed by atoms with van der Waals surface area (Å²) in [5.41, 5.74) is 0. The van der Waals surface area contributed by atoms with Gasteiger partial charge in [-0.25, -0.2) is 0 Å². The van der Waals surface area contributed by atoms with Crippen LogP contribution in [0.1, 0.15) is 26.2 Å². The van der Waals surface area contributed by atoms with Crippen molar-refractivity contribution in [2.24, 2.45) is 0 Å². The summed E-state index contributed by atoms with van der Waals surface area (Å²) in [5, 5.41) is 9.19. The van der Waals surface area contributed by atoms with Crippen molar-refractivity contribution in [3.63, 3.8) is 0 Å². The number of ether oxygens (including phenoxy) is 1. The molecule has 2 atom stereocenters. The first kappa shape index (κ1) is 12.8. The van der Waals surface area contributed by atoms with Gasteiger partial charge < -0.3 is 9.84 Å². The fourth-order valence-electron chi connectivity index (χ4n) is 1.09. The lowest BCUT2D eigenvalue weighted by Crippen LogP contribution is -2.31. The van der Waals surface area contributed by atoms with Gasteiger partial charge in [0.2, 0.25) is 0 Å². The van der Waals surface area contributed by atoms with Crippen molar-refractivity contribution >= 4 is 17.7 Å². The fourth-order valence-corrected chi connectivity index (χ4v) is 1.83. The van der Waals surface area contributed by atoms with E-state index in [1.54, 1.807) is 6.26 Å². The normalized spacial score (nSPS) is 15.1. The third kappa shape index (κ3) is 4.52. The van der Waals surface area contributed by atoms with E-state index in [9.17, 15) is 9.90 Å². The lowest BCUT2D eigenvalue weighted by molar-refractivity contribution is -0.142. The first-order chi connectivity index (χ1) is 6.17. The Kier molecular flexibility index (Phi) is 7.09. The molecule has 0 rings (SSSR count). The Hall–Kier alpha value is -0.220. The van der Waals surface area contributed by atoms with Crippen LogP contribution in [0.15, 0.2) is 0 Å². The number of thioether (sulfide) groups is 1. The molecule has 0 aromatic heterocycles. The minimum atomic E-state index is -0.581. The molecule has 0 radical (unpaired) electrons. The van der Waals surface area contributed by atoms with Crippen LogP contribution < -0.4 is 0 Å². The number of aliphatic hydroxyl groups excluding tert-OH is 1. The van der Waals surface area contributed by atoms with E-state index in [0.717, 1.165) is 12.8 Å². The summed E-state index contributed by atoms with van der Waals surface area (Å²) in [6, 6.07) is 0. The predicted octanol–water partition coefficient (Wildman–Crippen LogP) is 1.44. The van der Waals surface area contributed by atoms with Crippen LogP contribution in [0.5, 0.6) is 0 Å². The van der Waals surface area contributed by atoms with E-state index in [2.05, 4.69) is 11.7 Å². The van der Waals surface area contributed by atoms with Gasteiger partial charge in [-0.1, -0.05) is 19.8 Å². The Balaban J connectivity index is 3.98. The van der Waals surface area contributed by atoms with Gasteiger partial charge in [-0.05, 0) is 12.7 Å². The van der Waals surface area contributed by atoms with E-state index in [0.29, 0.717) is 6.42 Å². The van der Waals surface area contributed by atoms with Gasteiger partial charge in [0.1, 0.15) is 5.25 Å². The molecule has 0 bridgehead atoms. The number of esters is 1. The molecule has 0 saturated carbocycles. The van der Waals surface area contributed by atoms with Crippen LogP contribution in [0.2, 0.25) is 0 Å². The number of methoxy groups -OCH3 is 1. The highest BCUT2D eigenvalue weighted by atomic mass is 32.2. The molecule has 0 amide bonds. The summed E-state index contributed by atoms with van der Waals surface area (Å²) in [7, 11) is 1.35. The van der Waals surface area contributed by atoms with Crippen molar-refractivity contribution in [3.05, 3.63) is 0 Å². The fraction of sp³-hybridized carbons (Fsp3) is 0.889. The Morgan fingerprint density at radius 3 is 2.62 bits per heavy atom. The second-order valence-corrected chi connectivity index (χ2v) is 3.87. The molecular formula is C9H18O3S. The smallest absolute Gasteiger partial charge is 0.321 e. The van der Waals surface area contributed by atoms with Gasteiger partial charge in [0.15, 0.2) is 0 Å². The van der Waals surface area contributed by atoms with E-state index < -0.39 is 11.4 Å².